The van der Waals surface area contributed by atoms with Gasteiger partial charge in [-0.3, -0.25) is 0 Å². The first-order chi connectivity index (χ1) is 29.7. The van der Waals surface area contributed by atoms with E-state index >= 15 is 0 Å². The van der Waals surface area contributed by atoms with Crippen LogP contribution in [0.15, 0.2) is 206 Å². The highest BCUT2D eigenvalue weighted by molar-refractivity contribution is 6.13. The first-order valence-electron chi connectivity index (χ1n) is 20.0. The van der Waals surface area contributed by atoms with Crippen molar-refractivity contribution in [2.45, 2.75) is 0 Å². The molecule has 2 aromatic heterocycles. The van der Waals surface area contributed by atoms with E-state index in [0.717, 1.165) is 60.8 Å². The van der Waals surface area contributed by atoms with Gasteiger partial charge in [-0.1, -0.05) is 127 Å². The molecule has 0 amide bonds. The molecular weight excluding hydrogens is 729 g/mol. The van der Waals surface area contributed by atoms with Crippen LogP contribution < -0.4 is 0 Å². The van der Waals surface area contributed by atoms with Crippen molar-refractivity contribution in [3.63, 3.8) is 0 Å². The van der Waals surface area contributed by atoms with Gasteiger partial charge in [0.1, 0.15) is 12.1 Å². The molecule has 0 aliphatic carbocycles. The summed E-state index contributed by atoms with van der Waals surface area (Å²) in [6, 6.07) is 77.1. The topological polar surface area (TPSA) is 57.4 Å². The highest BCUT2D eigenvalue weighted by atomic mass is 15.0. The number of para-hydroxylation sites is 3. The quantitative estimate of drug-likeness (QED) is 0.169. The molecule has 9 aromatic carbocycles. The normalized spacial score (nSPS) is 11.3. The molecule has 0 atom stereocenters. The predicted molar refractivity (Wildman–Crippen MR) is 246 cm³/mol. The molecule has 60 heavy (non-hydrogen) atoms. The van der Waals surface area contributed by atoms with Gasteiger partial charge in [-0.15, -0.1) is 0 Å². The van der Waals surface area contributed by atoms with Crippen LogP contribution in [-0.2, 0) is 0 Å². The van der Waals surface area contributed by atoms with Crippen molar-refractivity contribution < 1.29 is 0 Å². The third-order valence-corrected chi connectivity index (χ3v) is 11.8. The Balaban J connectivity index is 1.05. The van der Waals surface area contributed by atoms with E-state index in [0.29, 0.717) is 16.8 Å². The van der Waals surface area contributed by atoms with E-state index in [1.54, 1.807) is 18.2 Å². The Morgan fingerprint density at radius 2 is 0.700 bits per heavy atom. The third-order valence-electron chi connectivity index (χ3n) is 11.8. The maximum atomic E-state index is 10.1. The van der Waals surface area contributed by atoms with E-state index < -0.39 is 0 Å². The van der Waals surface area contributed by atoms with Crippen LogP contribution in [-0.4, -0.2) is 9.13 Å². The molecular formula is C56H34N4. The van der Waals surface area contributed by atoms with E-state index in [1.165, 1.54) is 33.0 Å². The van der Waals surface area contributed by atoms with Crippen molar-refractivity contribution >= 4 is 43.6 Å². The molecule has 4 nitrogen and oxygen atoms in total. The molecule has 0 aliphatic rings. The first-order valence-corrected chi connectivity index (χ1v) is 20.0. The Kier molecular flexibility index (Phi) is 8.22. The third kappa shape index (κ3) is 5.67. The second-order valence-corrected chi connectivity index (χ2v) is 15.2. The zero-order valence-corrected chi connectivity index (χ0v) is 32.4. The van der Waals surface area contributed by atoms with Crippen molar-refractivity contribution in [1.82, 2.24) is 9.13 Å². The first kappa shape index (κ1) is 34.8. The molecule has 0 saturated heterocycles. The predicted octanol–water partition coefficient (Wildman–Crippen LogP) is 14.3. The Hall–Kier alpha value is -8.44. The standard InChI is InChI=1S/C56H34N4/c57-35-42-18-11-19-43(36-58)56(42)60-53-24-10-8-22-49(53)51-34-41(26-28-55(51)60)40-25-27-54-50(33-40)48-21-7-9-23-52(48)59(54)47-20-12-17-39(32-47)46-30-44(37-13-3-1-4-14-37)29-45(31-46)38-15-5-2-6-16-38/h1-34H. The van der Waals surface area contributed by atoms with Gasteiger partial charge in [-0.2, -0.15) is 10.5 Å². The Labute approximate surface area is 347 Å². The van der Waals surface area contributed by atoms with Crippen molar-refractivity contribution in [3.05, 3.63) is 217 Å². The van der Waals surface area contributed by atoms with Gasteiger partial charge in [0, 0.05) is 27.2 Å². The molecule has 0 N–H and O–H groups in total. The summed E-state index contributed by atoms with van der Waals surface area (Å²) in [6.45, 7) is 0. The maximum Gasteiger partial charge on any atom is 0.101 e. The van der Waals surface area contributed by atoms with Crippen LogP contribution in [0.4, 0.5) is 0 Å². The SMILES string of the molecule is N#Cc1cccc(C#N)c1-n1c2ccccc2c2cc(-c3ccc4c(c3)c3ccccc3n4-c3cccc(-c4cc(-c5ccccc5)cc(-c5ccccc5)c4)c3)ccc21. The van der Waals surface area contributed by atoms with Gasteiger partial charge in [0.25, 0.3) is 0 Å². The van der Waals surface area contributed by atoms with Gasteiger partial charge in [0.15, 0.2) is 0 Å². The molecule has 0 spiro atoms. The number of aromatic nitrogens is 2. The molecule has 0 fully saturated rings. The average Bonchev–Trinajstić information content (AvgIpc) is 3.83. The second-order valence-electron chi connectivity index (χ2n) is 15.2. The summed E-state index contributed by atoms with van der Waals surface area (Å²) in [6.07, 6.45) is 0. The smallest absolute Gasteiger partial charge is 0.101 e. The molecule has 0 saturated carbocycles. The number of nitriles is 2. The van der Waals surface area contributed by atoms with E-state index in [4.69, 9.17) is 0 Å². The number of benzene rings is 9. The van der Waals surface area contributed by atoms with Gasteiger partial charge in [0.2, 0.25) is 0 Å². The Morgan fingerprint density at radius 1 is 0.283 bits per heavy atom. The number of nitrogens with zero attached hydrogens (tertiary/aromatic N) is 4. The van der Waals surface area contributed by atoms with Gasteiger partial charge in [-0.05, 0) is 123 Å². The van der Waals surface area contributed by atoms with E-state index in [9.17, 15) is 10.5 Å². The molecule has 11 aromatic rings. The van der Waals surface area contributed by atoms with Gasteiger partial charge in [0.05, 0.1) is 38.9 Å². The highest BCUT2D eigenvalue weighted by Crippen LogP contribution is 2.40. The van der Waals surface area contributed by atoms with Crippen LogP contribution in [0.1, 0.15) is 11.1 Å². The van der Waals surface area contributed by atoms with Crippen LogP contribution in [0.25, 0.3) is 99.5 Å². The van der Waals surface area contributed by atoms with Crippen LogP contribution in [0.2, 0.25) is 0 Å². The molecule has 0 aliphatic heterocycles. The summed E-state index contributed by atoms with van der Waals surface area (Å²) < 4.78 is 4.45. The molecule has 4 heteroatoms. The fraction of sp³-hybridized carbons (Fsp3) is 0. The molecule has 2 heterocycles. The lowest BCUT2D eigenvalue weighted by Crippen LogP contribution is -2.01. The summed E-state index contributed by atoms with van der Waals surface area (Å²) in [5.41, 5.74) is 16.1. The molecule has 278 valence electrons. The minimum Gasteiger partial charge on any atom is -0.309 e. The summed E-state index contributed by atoms with van der Waals surface area (Å²) in [7, 11) is 0. The number of rotatable bonds is 6. The van der Waals surface area contributed by atoms with E-state index in [2.05, 4.69) is 197 Å². The molecule has 0 bridgehead atoms. The van der Waals surface area contributed by atoms with Crippen LogP contribution in [0.3, 0.4) is 0 Å². The Morgan fingerprint density at radius 3 is 1.25 bits per heavy atom. The number of hydrogen-bond donors (Lipinski definition) is 0. The lowest BCUT2D eigenvalue weighted by atomic mass is 9.93. The lowest BCUT2D eigenvalue weighted by molar-refractivity contribution is 1.15. The Bertz CT molecular complexity index is 3470. The second kappa shape index (κ2) is 14.2. The van der Waals surface area contributed by atoms with Crippen molar-refractivity contribution in [3.8, 4) is 68.0 Å². The monoisotopic (exact) mass is 762 g/mol. The summed E-state index contributed by atoms with van der Waals surface area (Å²) in [4.78, 5) is 0. The van der Waals surface area contributed by atoms with Crippen molar-refractivity contribution in [1.29, 1.82) is 10.5 Å². The fourth-order valence-corrected chi connectivity index (χ4v) is 9.00. The van der Waals surface area contributed by atoms with Crippen molar-refractivity contribution in [2.24, 2.45) is 0 Å². The molecule has 0 unspecified atom stereocenters. The fourth-order valence-electron chi connectivity index (χ4n) is 9.00. The van der Waals surface area contributed by atoms with E-state index in [1.807, 2.05) is 12.1 Å². The molecule has 0 radical (unpaired) electrons. The zero-order chi connectivity index (χ0) is 40.2. The van der Waals surface area contributed by atoms with Crippen LogP contribution in [0, 0.1) is 22.7 Å². The van der Waals surface area contributed by atoms with Crippen molar-refractivity contribution in [2.75, 3.05) is 0 Å². The molecule has 11 rings (SSSR count). The van der Waals surface area contributed by atoms with Crippen LogP contribution >= 0.6 is 0 Å². The average molecular weight is 763 g/mol. The number of fused-ring (bicyclic) bond motifs is 6. The minimum atomic E-state index is 0.464. The van der Waals surface area contributed by atoms with Crippen LogP contribution in [0.5, 0.6) is 0 Å². The largest absolute Gasteiger partial charge is 0.309 e. The summed E-state index contributed by atoms with van der Waals surface area (Å²) >= 11 is 0. The summed E-state index contributed by atoms with van der Waals surface area (Å²) in [5.74, 6) is 0. The summed E-state index contributed by atoms with van der Waals surface area (Å²) in [5, 5.41) is 24.7. The van der Waals surface area contributed by atoms with Gasteiger partial charge in [-0.25, -0.2) is 0 Å². The highest BCUT2D eigenvalue weighted by Gasteiger charge is 2.20. The lowest BCUT2D eigenvalue weighted by Gasteiger charge is -2.14. The number of hydrogen-bond acceptors (Lipinski definition) is 2. The maximum absolute atomic E-state index is 10.1. The van der Waals surface area contributed by atoms with Gasteiger partial charge < -0.3 is 9.13 Å². The minimum absolute atomic E-state index is 0.464. The van der Waals surface area contributed by atoms with Gasteiger partial charge >= 0.3 is 0 Å². The van der Waals surface area contributed by atoms with E-state index in [-0.39, 0.29) is 0 Å². The zero-order valence-electron chi connectivity index (χ0n) is 32.4.